The summed E-state index contributed by atoms with van der Waals surface area (Å²) in [4.78, 5) is 14.9. The number of hydrogen-bond donors (Lipinski definition) is 1. The summed E-state index contributed by atoms with van der Waals surface area (Å²) >= 11 is 1.93. The zero-order valence-electron chi connectivity index (χ0n) is 10.2. The first-order valence-corrected chi connectivity index (χ1v) is 6.66. The van der Waals surface area contributed by atoms with Crippen molar-refractivity contribution in [2.24, 2.45) is 0 Å². The Morgan fingerprint density at radius 2 is 2.20 bits per heavy atom. The maximum Gasteiger partial charge on any atom is 0.153 e. The van der Waals surface area contributed by atoms with E-state index in [9.17, 15) is 9.90 Å². The summed E-state index contributed by atoms with van der Waals surface area (Å²) in [6, 6.07) is 6.58. The fourth-order valence-electron chi connectivity index (χ4n) is 1.56. The molecule has 0 saturated carbocycles. The van der Waals surface area contributed by atoms with Crippen LogP contribution in [-0.4, -0.2) is 16.4 Å². The maximum absolute atomic E-state index is 11.0. The molecule has 6 heteroatoms. The summed E-state index contributed by atoms with van der Waals surface area (Å²) in [7, 11) is 0. The SMILES string of the molecule is N#Cc1cncc(COc2cc(O)c(I)cc2C=O)c1. The van der Waals surface area contributed by atoms with Crippen molar-refractivity contribution >= 4 is 28.9 Å². The minimum absolute atomic E-state index is 0.0510. The Bertz CT molecular complexity index is 695. The largest absolute Gasteiger partial charge is 0.507 e. The Morgan fingerprint density at radius 3 is 2.90 bits per heavy atom. The summed E-state index contributed by atoms with van der Waals surface area (Å²) in [6.07, 6.45) is 3.70. The molecule has 1 heterocycles. The molecular formula is C14H9IN2O3. The van der Waals surface area contributed by atoms with Crippen LogP contribution in [-0.2, 0) is 6.61 Å². The molecule has 0 radical (unpaired) electrons. The van der Waals surface area contributed by atoms with Crippen molar-refractivity contribution < 1.29 is 14.6 Å². The third-order valence-corrected chi connectivity index (χ3v) is 3.39. The van der Waals surface area contributed by atoms with Crippen molar-refractivity contribution in [1.82, 2.24) is 4.98 Å². The van der Waals surface area contributed by atoms with Crippen LogP contribution in [0.25, 0.3) is 0 Å². The van der Waals surface area contributed by atoms with Gasteiger partial charge in [0.05, 0.1) is 14.7 Å². The zero-order chi connectivity index (χ0) is 14.5. The van der Waals surface area contributed by atoms with Crippen LogP contribution >= 0.6 is 22.6 Å². The van der Waals surface area contributed by atoms with E-state index in [-0.39, 0.29) is 12.4 Å². The van der Waals surface area contributed by atoms with Crippen molar-refractivity contribution in [3.63, 3.8) is 0 Å². The number of ether oxygens (including phenoxy) is 1. The molecule has 20 heavy (non-hydrogen) atoms. The Morgan fingerprint density at radius 1 is 1.40 bits per heavy atom. The fourth-order valence-corrected chi connectivity index (χ4v) is 2.06. The number of pyridine rings is 1. The van der Waals surface area contributed by atoms with Crippen LogP contribution in [0.2, 0.25) is 0 Å². The van der Waals surface area contributed by atoms with Gasteiger partial charge in [-0.3, -0.25) is 9.78 Å². The fraction of sp³-hybridized carbons (Fsp3) is 0.0714. The molecule has 0 spiro atoms. The molecule has 1 N–H and O–H groups in total. The number of carbonyl (C=O) groups excluding carboxylic acids is 1. The van der Waals surface area contributed by atoms with Crippen LogP contribution in [0, 0.1) is 14.9 Å². The molecular weight excluding hydrogens is 371 g/mol. The number of nitrogens with zero attached hydrogens (tertiary/aromatic N) is 2. The highest BCUT2D eigenvalue weighted by Crippen LogP contribution is 2.29. The van der Waals surface area contributed by atoms with E-state index >= 15 is 0 Å². The second-order valence-electron chi connectivity index (χ2n) is 3.94. The number of aldehydes is 1. The number of nitriles is 1. The van der Waals surface area contributed by atoms with Crippen LogP contribution in [0.15, 0.2) is 30.6 Å². The van der Waals surface area contributed by atoms with E-state index < -0.39 is 0 Å². The quantitative estimate of drug-likeness (QED) is 0.652. The maximum atomic E-state index is 11.0. The van der Waals surface area contributed by atoms with E-state index in [4.69, 9.17) is 10.00 Å². The molecule has 0 bridgehead atoms. The highest BCUT2D eigenvalue weighted by Gasteiger charge is 2.09. The monoisotopic (exact) mass is 380 g/mol. The predicted octanol–water partition coefficient (Wildman–Crippen LogP) is 2.65. The summed E-state index contributed by atoms with van der Waals surface area (Å²) in [5, 5.41) is 18.4. The van der Waals surface area contributed by atoms with Gasteiger partial charge in [0.25, 0.3) is 0 Å². The van der Waals surface area contributed by atoms with Gasteiger partial charge >= 0.3 is 0 Å². The van der Waals surface area contributed by atoms with E-state index in [1.54, 1.807) is 18.3 Å². The van der Waals surface area contributed by atoms with Crippen LogP contribution in [0.3, 0.4) is 0 Å². The third-order valence-electron chi connectivity index (χ3n) is 2.52. The molecule has 0 amide bonds. The molecule has 0 unspecified atom stereocenters. The third kappa shape index (κ3) is 3.24. The van der Waals surface area contributed by atoms with Gasteiger partial charge in [-0.1, -0.05) is 0 Å². The van der Waals surface area contributed by atoms with Gasteiger partial charge in [-0.25, -0.2) is 0 Å². The highest BCUT2D eigenvalue weighted by molar-refractivity contribution is 14.1. The van der Waals surface area contributed by atoms with Crippen LogP contribution < -0.4 is 4.74 Å². The first-order valence-electron chi connectivity index (χ1n) is 5.58. The number of carbonyl (C=O) groups is 1. The Kier molecular flexibility index (Phi) is 4.53. The molecule has 1 aromatic heterocycles. The van der Waals surface area contributed by atoms with E-state index in [1.807, 2.05) is 28.7 Å². The molecule has 0 aliphatic carbocycles. The molecule has 0 atom stereocenters. The van der Waals surface area contributed by atoms with Gasteiger partial charge in [-0.05, 0) is 34.7 Å². The lowest BCUT2D eigenvalue weighted by atomic mass is 10.2. The van der Waals surface area contributed by atoms with Crippen molar-refractivity contribution in [2.45, 2.75) is 6.61 Å². The number of aromatic nitrogens is 1. The van der Waals surface area contributed by atoms with Crippen LogP contribution in [0.5, 0.6) is 11.5 Å². The van der Waals surface area contributed by atoms with Gasteiger partial charge < -0.3 is 9.84 Å². The second-order valence-corrected chi connectivity index (χ2v) is 5.10. The number of halogens is 1. The van der Waals surface area contributed by atoms with E-state index in [0.29, 0.717) is 32.3 Å². The van der Waals surface area contributed by atoms with Crippen LogP contribution in [0.4, 0.5) is 0 Å². The molecule has 2 aromatic rings. The van der Waals surface area contributed by atoms with Gasteiger partial charge in [0.2, 0.25) is 0 Å². The Hall–Kier alpha value is -2.14. The average molecular weight is 380 g/mol. The first kappa shape index (κ1) is 14.3. The lowest BCUT2D eigenvalue weighted by molar-refractivity contribution is 0.111. The molecule has 0 fully saturated rings. The van der Waals surface area contributed by atoms with E-state index in [2.05, 4.69) is 4.98 Å². The first-order chi connectivity index (χ1) is 9.63. The minimum atomic E-state index is 0.0510. The Balaban J connectivity index is 2.20. The normalized spacial score (nSPS) is 9.80. The van der Waals surface area contributed by atoms with Gasteiger partial charge in [0, 0.05) is 24.0 Å². The Labute approximate surface area is 129 Å². The molecule has 100 valence electrons. The average Bonchev–Trinajstić information content (AvgIpc) is 2.48. The molecule has 0 aliphatic rings. The van der Waals surface area contributed by atoms with Gasteiger partial charge in [-0.2, -0.15) is 5.26 Å². The van der Waals surface area contributed by atoms with Crippen molar-refractivity contribution in [1.29, 1.82) is 5.26 Å². The van der Waals surface area contributed by atoms with E-state index in [1.165, 1.54) is 12.3 Å². The smallest absolute Gasteiger partial charge is 0.153 e. The van der Waals surface area contributed by atoms with Crippen molar-refractivity contribution in [3.05, 3.63) is 50.9 Å². The van der Waals surface area contributed by atoms with Gasteiger partial charge in [0.1, 0.15) is 24.2 Å². The van der Waals surface area contributed by atoms with Crippen molar-refractivity contribution in [3.8, 4) is 17.6 Å². The zero-order valence-corrected chi connectivity index (χ0v) is 12.4. The molecule has 5 nitrogen and oxygen atoms in total. The highest BCUT2D eigenvalue weighted by atomic mass is 127. The lowest BCUT2D eigenvalue weighted by Gasteiger charge is -2.10. The summed E-state index contributed by atoms with van der Waals surface area (Å²) < 4.78 is 6.08. The second kappa shape index (κ2) is 6.34. The number of hydrogen-bond acceptors (Lipinski definition) is 5. The lowest BCUT2D eigenvalue weighted by Crippen LogP contribution is -2.00. The molecule has 0 saturated heterocycles. The van der Waals surface area contributed by atoms with Gasteiger partial charge in [-0.15, -0.1) is 0 Å². The topological polar surface area (TPSA) is 83.2 Å². The number of rotatable bonds is 4. The minimum Gasteiger partial charge on any atom is -0.507 e. The predicted molar refractivity (Wildman–Crippen MR) is 79.5 cm³/mol. The molecule has 1 aromatic carbocycles. The number of phenols is 1. The molecule has 2 rings (SSSR count). The van der Waals surface area contributed by atoms with E-state index in [0.717, 1.165) is 0 Å². The molecule has 0 aliphatic heterocycles. The number of aromatic hydroxyl groups is 1. The van der Waals surface area contributed by atoms with Crippen molar-refractivity contribution in [2.75, 3.05) is 0 Å². The standard InChI is InChI=1S/C14H9IN2O3/c15-12-2-11(7-18)14(3-13(12)19)20-8-10-1-9(4-16)5-17-6-10/h1-3,5-7,19H,8H2. The number of phenolic OH excluding ortho intramolecular Hbond substituents is 1. The summed E-state index contributed by atoms with van der Waals surface area (Å²) in [5.41, 5.74) is 1.50. The summed E-state index contributed by atoms with van der Waals surface area (Å²) in [5.74, 6) is 0.343. The number of benzene rings is 1. The van der Waals surface area contributed by atoms with Gasteiger partial charge in [0.15, 0.2) is 6.29 Å². The van der Waals surface area contributed by atoms with Crippen LogP contribution in [0.1, 0.15) is 21.5 Å². The summed E-state index contributed by atoms with van der Waals surface area (Å²) in [6.45, 7) is 0.156.